The molecule has 2 rings (SSSR count). The molecule has 0 radical (unpaired) electrons. The number of aromatic nitrogens is 1. The zero-order valence-corrected chi connectivity index (χ0v) is 11.6. The summed E-state index contributed by atoms with van der Waals surface area (Å²) in [6, 6.07) is 3.75. The van der Waals surface area contributed by atoms with Crippen molar-refractivity contribution in [2.24, 2.45) is 5.92 Å². The van der Waals surface area contributed by atoms with E-state index < -0.39 is 0 Å². The molecule has 2 amide bonds. The molecule has 6 heteroatoms. The zero-order valence-electron chi connectivity index (χ0n) is 10.8. The van der Waals surface area contributed by atoms with Crippen LogP contribution < -0.4 is 10.6 Å². The van der Waals surface area contributed by atoms with Crippen LogP contribution in [-0.4, -0.2) is 29.1 Å². The highest BCUT2D eigenvalue weighted by Gasteiger charge is 2.24. The van der Waals surface area contributed by atoms with E-state index in [1.807, 2.05) is 12.1 Å². The highest BCUT2D eigenvalue weighted by molar-refractivity contribution is 7.99. The lowest BCUT2D eigenvalue weighted by Gasteiger charge is -2.21. The Hall–Kier alpha value is -1.56. The summed E-state index contributed by atoms with van der Waals surface area (Å²) in [5, 5.41) is 6.49. The number of hydrogen-bond acceptors (Lipinski definition) is 4. The number of pyridine rings is 1. The van der Waals surface area contributed by atoms with Crippen molar-refractivity contribution in [1.82, 2.24) is 10.3 Å². The molecule has 1 saturated heterocycles. The number of nitrogens with zero attached hydrogens (tertiary/aromatic N) is 1. The molecular weight excluding hydrogens is 262 g/mol. The number of hydrogen-bond donors (Lipinski definition) is 2. The molecule has 102 valence electrons. The van der Waals surface area contributed by atoms with Crippen molar-refractivity contribution in [3.8, 4) is 0 Å². The summed E-state index contributed by atoms with van der Waals surface area (Å²) in [6.45, 7) is 2.49. The van der Waals surface area contributed by atoms with E-state index in [0.29, 0.717) is 25.1 Å². The van der Waals surface area contributed by atoms with E-state index in [2.05, 4.69) is 22.5 Å². The average Bonchev–Trinajstić information content (AvgIpc) is 2.42. The number of piperidine rings is 1. The molecule has 0 saturated carbocycles. The Morgan fingerprint density at radius 2 is 2.42 bits per heavy atom. The van der Waals surface area contributed by atoms with Crippen molar-refractivity contribution in [3.05, 3.63) is 18.3 Å². The van der Waals surface area contributed by atoms with Crippen molar-refractivity contribution >= 4 is 29.3 Å². The zero-order chi connectivity index (χ0) is 13.7. The maximum Gasteiger partial charge on any atom is 0.229 e. The fourth-order valence-electron chi connectivity index (χ4n) is 1.89. The van der Waals surface area contributed by atoms with Crippen LogP contribution in [0.5, 0.6) is 0 Å². The second-order valence-corrected chi connectivity index (χ2v) is 5.63. The normalized spacial score (nSPS) is 18.8. The van der Waals surface area contributed by atoms with Gasteiger partial charge in [-0.3, -0.25) is 9.59 Å². The highest BCUT2D eigenvalue weighted by Crippen LogP contribution is 2.18. The monoisotopic (exact) mass is 279 g/mol. The number of carbonyl (C=O) groups excluding carboxylic acids is 2. The molecule has 0 aliphatic carbocycles. The van der Waals surface area contributed by atoms with Crippen LogP contribution >= 0.6 is 11.8 Å². The summed E-state index contributed by atoms with van der Waals surface area (Å²) in [6.07, 6.45) is 2.69. The second kappa shape index (κ2) is 6.56. The third kappa shape index (κ3) is 3.96. The van der Waals surface area contributed by atoms with Gasteiger partial charge in [0.2, 0.25) is 11.8 Å². The van der Waals surface area contributed by atoms with Gasteiger partial charge in [-0.05, 0) is 24.3 Å². The van der Waals surface area contributed by atoms with Crippen LogP contribution in [0.15, 0.2) is 23.4 Å². The van der Waals surface area contributed by atoms with E-state index in [1.54, 1.807) is 18.0 Å². The van der Waals surface area contributed by atoms with Gasteiger partial charge in [0.1, 0.15) is 0 Å². The van der Waals surface area contributed by atoms with E-state index in [9.17, 15) is 9.59 Å². The molecular formula is C13H17N3O2S. The van der Waals surface area contributed by atoms with Gasteiger partial charge in [0.15, 0.2) is 0 Å². The van der Waals surface area contributed by atoms with Crippen LogP contribution in [0.4, 0.5) is 5.69 Å². The van der Waals surface area contributed by atoms with E-state index in [-0.39, 0.29) is 17.7 Å². The van der Waals surface area contributed by atoms with Crippen LogP contribution in [0.25, 0.3) is 0 Å². The first-order valence-corrected chi connectivity index (χ1v) is 7.34. The Morgan fingerprint density at radius 1 is 1.58 bits per heavy atom. The van der Waals surface area contributed by atoms with Crippen molar-refractivity contribution in [1.29, 1.82) is 0 Å². The number of carbonyl (C=O) groups is 2. The summed E-state index contributed by atoms with van der Waals surface area (Å²) in [5.41, 5.74) is 0.697. The van der Waals surface area contributed by atoms with Gasteiger partial charge in [0.05, 0.1) is 22.8 Å². The van der Waals surface area contributed by atoms with E-state index >= 15 is 0 Å². The van der Waals surface area contributed by atoms with Crippen LogP contribution in [0.3, 0.4) is 0 Å². The number of rotatable bonds is 4. The van der Waals surface area contributed by atoms with Crippen LogP contribution in [0.1, 0.15) is 19.8 Å². The van der Waals surface area contributed by atoms with E-state index in [0.717, 1.165) is 10.8 Å². The first kappa shape index (κ1) is 13.9. The van der Waals surface area contributed by atoms with Gasteiger partial charge in [-0.25, -0.2) is 4.98 Å². The Labute approximate surface area is 116 Å². The fourth-order valence-corrected chi connectivity index (χ4v) is 2.48. The standard InChI is InChI=1S/C13H17N3O2S/c1-2-19-12-6-4-10(8-15-12)16-13(18)9-3-5-11(17)14-7-9/h4,6,8-9H,2-3,5,7H2,1H3,(H,14,17)(H,16,18). The maximum absolute atomic E-state index is 12.0. The Morgan fingerprint density at radius 3 is 3.00 bits per heavy atom. The lowest BCUT2D eigenvalue weighted by molar-refractivity contribution is -0.126. The highest BCUT2D eigenvalue weighted by atomic mass is 32.2. The van der Waals surface area contributed by atoms with Gasteiger partial charge in [0, 0.05) is 13.0 Å². The predicted molar refractivity (Wildman–Crippen MR) is 75.0 cm³/mol. The maximum atomic E-state index is 12.0. The quantitative estimate of drug-likeness (QED) is 0.822. The van der Waals surface area contributed by atoms with E-state index in [1.165, 1.54) is 0 Å². The first-order valence-electron chi connectivity index (χ1n) is 6.35. The van der Waals surface area contributed by atoms with E-state index in [4.69, 9.17) is 0 Å². The molecule has 0 spiro atoms. The minimum absolute atomic E-state index is 0.0201. The molecule has 1 aliphatic heterocycles. The van der Waals surface area contributed by atoms with Gasteiger partial charge >= 0.3 is 0 Å². The van der Waals surface area contributed by atoms with Gasteiger partial charge < -0.3 is 10.6 Å². The van der Waals surface area contributed by atoms with Crippen LogP contribution in [0.2, 0.25) is 0 Å². The van der Waals surface area contributed by atoms with Gasteiger partial charge in [-0.1, -0.05) is 6.92 Å². The summed E-state index contributed by atoms with van der Waals surface area (Å²) in [4.78, 5) is 27.3. The SMILES string of the molecule is CCSc1ccc(NC(=O)C2CCC(=O)NC2)cn1. The number of nitrogens with one attached hydrogen (secondary N) is 2. The predicted octanol–water partition coefficient (Wildman–Crippen LogP) is 1.66. The van der Waals surface area contributed by atoms with Crippen molar-refractivity contribution in [2.45, 2.75) is 24.8 Å². The average molecular weight is 279 g/mol. The van der Waals surface area contributed by atoms with Gasteiger partial charge in [-0.15, -0.1) is 11.8 Å². The molecule has 1 aliphatic rings. The molecule has 0 bridgehead atoms. The molecule has 1 atom stereocenters. The summed E-state index contributed by atoms with van der Waals surface area (Å²) in [5.74, 6) is 0.784. The summed E-state index contributed by atoms with van der Waals surface area (Å²) >= 11 is 1.66. The third-order valence-corrected chi connectivity index (χ3v) is 3.76. The molecule has 1 aromatic rings. The molecule has 0 aromatic carbocycles. The number of anilines is 1. The number of amides is 2. The Balaban J connectivity index is 1.89. The summed E-state index contributed by atoms with van der Waals surface area (Å²) < 4.78 is 0. The molecule has 1 unspecified atom stereocenters. The molecule has 2 heterocycles. The second-order valence-electron chi connectivity index (χ2n) is 4.35. The largest absolute Gasteiger partial charge is 0.355 e. The smallest absolute Gasteiger partial charge is 0.229 e. The molecule has 1 fully saturated rings. The van der Waals surface area contributed by atoms with Gasteiger partial charge in [0.25, 0.3) is 0 Å². The first-order chi connectivity index (χ1) is 9.19. The fraction of sp³-hybridized carbons (Fsp3) is 0.462. The van der Waals surface area contributed by atoms with Crippen molar-refractivity contribution in [2.75, 3.05) is 17.6 Å². The molecule has 19 heavy (non-hydrogen) atoms. The Kier molecular flexibility index (Phi) is 4.79. The minimum atomic E-state index is -0.151. The molecule has 5 nitrogen and oxygen atoms in total. The van der Waals surface area contributed by atoms with Crippen molar-refractivity contribution in [3.63, 3.8) is 0 Å². The lowest BCUT2D eigenvalue weighted by Crippen LogP contribution is -2.40. The Bertz CT molecular complexity index is 451. The lowest BCUT2D eigenvalue weighted by atomic mass is 9.98. The third-order valence-electron chi connectivity index (χ3n) is 2.93. The molecule has 1 aromatic heterocycles. The van der Waals surface area contributed by atoms with Crippen LogP contribution in [0, 0.1) is 5.92 Å². The molecule has 2 N–H and O–H groups in total. The minimum Gasteiger partial charge on any atom is -0.355 e. The van der Waals surface area contributed by atoms with Crippen LogP contribution in [-0.2, 0) is 9.59 Å². The summed E-state index contributed by atoms with van der Waals surface area (Å²) in [7, 11) is 0. The van der Waals surface area contributed by atoms with Gasteiger partial charge in [-0.2, -0.15) is 0 Å². The number of thioether (sulfide) groups is 1. The van der Waals surface area contributed by atoms with Crippen molar-refractivity contribution < 1.29 is 9.59 Å². The topological polar surface area (TPSA) is 71.1 Å².